The van der Waals surface area contributed by atoms with E-state index in [0.717, 1.165) is 30.5 Å². The highest BCUT2D eigenvalue weighted by molar-refractivity contribution is 4.94. The fourth-order valence-corrected chi connectivity index (χ4v) is 4.33. The summed E-state index contributed by atoms with van der Waals surface area (Å²) in [6.07, 6.45) is 8.80. The summed E-state index contributed by atoms with van der Waals surface area (Å²) in [7, 11) is 0. The zero-order chi connectivity index (χ0) is 11.0. The third-order valence-electron chi connectivity index (χ3n) is 5.17. The van der Waals surface area contributed by atoms with Crippen LogP contribution in [0.3, 0.4) is 0 Å². The highest BCUT2D eigenvalue weighted by Crippen LogP contribution is 2.40. The molecule has 0 radical (unpaired) electrons. The first-order chi connectivity index (χ1) is 7.86. The minimum atomic E-state index is 0.815. The number of hydrogen-bond donors (Lipinski definition) is 1. The SMILES string of the molecule is CCNC1CCC(N2CC3CCCC3C2)C1. The van der Waals surface area contributed by atoms with Crippen molar-refractivity contribution in [2.24, 2.45) is 11.8 Å². The van der Waals surface area contributed by atoms with Gasteiger partial charge in [0, 0.05) is 25.2 Å². The van der Waals surface area contributed by atoms with Crippen molar-refractivity contribution in [3.05, 3.63) is 0 Å². The molecule has 0 aromatic carbocycles. The molecule has 2 heteroatoms. The molecule has 0 amide bonds. The van der Waals surface area contributed by atoms with Gasteiger partial charge >= 0.3 is 0 Å². The number of hydrogen-bond acceptors (Lipinski definition) is 2. The van der Waals surface area contributed by atoms with Crippen molar-refractivity contribution in [2.75, 3.05) is 19.6 Å². The van der Waals surface area contributed by atoms with E-state index in [0.29, 0.717) is 0 Å². The van der Waals surface area contributed by atoms with Gasteiger partial charge in [0.15, 0.2) is 0 Å². The van der Waals surface area contributed by atoms with Crippen LogP contribution in [0.5, 0.6) is 0 Å². The van der Waals surface area contributed by atoms with Crippen molar-refractivity contribution in [1.29, 1.82) is 0 Å². The summed E-state index contributed by atoms with van der Waals surface area (Å²) in [6, 6.07) is 1.73. The van der Waals surface area contributed by atoms with E-state index in [1.54, 1.807) is 0 Å². The van der Waals surface area contributed by atoms with Gasteiger partial charge in [0.25, 0.3) is 0 Å². The Hall–Kier alpha value is -0.0800. The Morgan fingerprint density at radius 3 is 2.50 bits per heavy atom. The highest BCUT2D eigenvalue weighted by Gasteiger charge is 2.40. The molecule has 4 unspecified atom stereocenters. The average molecular weight is 222 g/mol. The second kappa shape index (κ2) is 4.66. The van der Waals surface area contributed by atoms with E-state index in [2.05, 4.69) is 17.1 Å². The van der Waals surface area contributed by atoms with Gasteiger partial charge in [0.2, 0.25) is 0 Å². The van der Waals surface area contributed by atoms with Gasteiger partial charge in [-0.25, -0.2) is 0 Å². The molecule has 2 saturated carbocycles. The third kappa shape index (κ3) is 2.02. The molecule has 3 aliphatic rings. The fraction of sp³-hybridized carbons (Fsp3) is 1.00. The van der Waals surface area contributed by atoms with Crippen molar-refractivity contribution >= 4 is 0 Å². The molecule has 92 valence electrons. The first kappa shape index (κ1) is 11.0. The largest absolute Gasteiger partial charge is 0.314 e. The van der Waals surface area contributed by atoms with Crippen LogP contribution in [-0.4, -0.2) is 36.6 Å². The lowest BCUT2D eigenvalue weighted by molar-refractivity contribution is 0.224. The zero-order valence-corrected chi connectivity index (χ0v) is 10.6. The Bertz CT molecular complexity index is 229. The van der Waals surface area contributed by atoms with E-state index in [1.807, 2.05) is 0 Å². The van der Waals surface area contributed by atoms with Gasteiger partial charge in [-0.15, -0.1) is 0 Å². The Morgan fingerprint density at radius 1 is 1.06 bits per heavy atom. The lowest BCUT2D eigenvalue weighted by atomic mass is 10.0. The first-order valence-electron chi connectivity index (χ1n) is 7.34. The Kier molecular flexibility index (Phi) is 3.21. The van der Waals surface area contributed by atoms with Crippen LogP contribution in [0.2, 0.25) is 0 Å². The third-order valence-corrected chi connectivity index (χ3v) is 5.17. The summed E-state index contributed by atoms with van der Waals surface area (Å²) in [5.41, 5.74) is 0. The van der Waals surface area contributed by atoms with E-state index in [-0.39, 0.29) is 0 Å². The van der Waals surface area contributed by atoms with Crippen molar-refractivity contribution in [3.63, 3.8) is 0 Å². The van der Waals surface area contributed by atoms with Gasteiger partial charge in [-0.3, -0.25) is 4.90 Å². The van der Waals surface area contributed by atoms with Crippen LogP contribution in [0.4, 0.5) is 0 Å². The molecule has 4 atom stereocenters. The minimum absolute atomic E-state index is 0.815. The molecular formula is C14H26N2. The second-order valence-electron chi connectivity index (χ2n) is 6.13. The normalized spacial score (nSPS) is 44.1. The second-order valence-corrected chi connectivity index (χ2v) is 6.13. The molecule has 16 heavy (non-hydrogen) atoms. The molecule has 2 aliphatic carbocycles. The molecule has 1 aliphatic heterocycles. The van der Waals surface area contributed by atoms with E-state index < -0.39 is 0 Å². The number of likely N-dealkylation sites (tertiary alicyclic amines) is 1. The maximum absolute atomic E-state index is 3.62. The lowest BCUT2D eigenvalue weighted by Crippen LogP contribution is -2.34. The molecule has 0 aromatic heterocycles. The summed E-state index contributed by atoms with van der Waals surface area (Å²) < 4.78 is 0. The Balaban J connectivity index is 1.52. The van der Waals surface area contributed by atoms with Crippen LogP contribution >= 0.6 is 0 Å². The maximum atomic E-state index is 3.62. The monoisotopic (exact) mass is 222 g/mol. The maximum Gasteiger partial charge on any atom is 0.0111 e. The van der Waals surface area contributed by atoms with Gasteiger partial charge in [-0.2, -0.15) is 0 Å². The van der Waals surface area contributed by atoms with E-state index >= 15 is 0 Å². The highest BCUT2D eigenvalue weighted by atomic mass is 15.2. The zero-order valence-electron chi connectivity index (χ0n) is 10.6. The molecule has 2 nitrogen and oxygen atoms in total. The smallest absolute Gasteiger partial charge is 0.0111 e. The summed E-state index contributed by atoms with van der Waals surface area (Å²) in [5.74, 6) is 2.14. The van der Waals surface area contributed by atoms with Crippen LogP contribution < -0.4 is 5.32 Å². The summed E-state index contributed by atoms with van der Waals surface area (Å²) in [5, 5.41) is 3.62. The fourth-order valence-electron chi connectivity index (χ4n) is 4.33. The van der Waals surface area contributed by atoms with Crippen molar-refractivity contribution in [3.8, 4) is 0 Å². The van der Waals surface area contributed by atoms with Gasteiger partial charge in [0.1, 0.15) is 0 Å². The van der Waals surface area contributed by atoms with Crippen LogP contribution in [0.25, 0.3) is 0 Å². The average Bonchev–Trinajstić information content (AvgIpc) is 2.88. The van der Waals surface area contributed by atoms with Gasteiger partial charge < -0.3 is 5.32 Å². The van der Waals surface area contributed by atoms with Crippen LogP contribution in [-0.2, 0) is 0 Å². The van der Waals surface area contributed by atoms with Crippen molar-refractivity contribution < 1.29 is 0 Å². The van der Waals surface area contributed by atoms with Crippen molar-refractivity contribution in [2.45, 2.75) is 57.5 Å². The molecular weight excluding hydrogens is 196 g/mol. The minimum Gasteiger partial charge on any atom is -0.314 e. The lowest BCUT2D eigenvalue weighted by Gasteiger charge is -2.24. The van der Waals surface area contributed by atoms with Crippen LogP contribution in [0.15, 0.2) is 0 Å². The molecule has 0 bridgehead atoms. The summed E-state index contributed by atoms with van der Waals surface area (Å²) in [6.45, 7) is 6.22. The predicted molar refractivity (Wildman–Crippen MR) is 67.5 cm³/mol. The van der Waals surface area contributed by atoms with E-state index in [4.69, 9.17) is 0 Å². The quantitative estimate of drug-likeness (QED) is 0.788. The summed E-state index contributed by atoms with van der Waals surface area (Å²) >= 11 is 0. The standard InChI is InChI=1S/C14H26N2/c1-2-15-13-6-7-14(8-13)16-9-11-4-3-5-12(11)10-16/h11-15H,2-10H2,1H3. The molecule has 3 rings (SSSR count). The molecule has 1 saturated heterocycles. The Morgan fingerprint density at radius 2 is 1.81 bits per heavy atom. The molecule has 1 heterocycles. The van der Waals surface area contributed by atoms with Crippen LogP contribution in [0.1, 0.15) is 45.4 Å². The molecule has 0 spiro atoms. The first-order valence-corrected chi connectivity index (χ1v) is 7.34. The predicted octanol–water partition coefficient (Wildman–Crippen LogP) is 2.25. The number of fused-ring (bicyclic) bond motifs is 1. The molecule has 1 N–H and O–H groups in total. The number of rotatable bonds is 3. The number of nitrogens with one attached hydrogen (secondary N) is 1. The van der Waals surface area contributed by atoms with E-state index in [9.17, 15) is 0 Å². The molecule has 0 aromatic rings. The summed E-state index contributed by atoms with van der Waals surface area (Å²) in [4.78, 5) is 2.83. The Labute approximate surface area is 99.8 Å². The van der Waals surface area contributed by atoms with Gasteiger partial charge in [-0.05, 0) is 50.5 Å². The van der Waals surface area contributed by atoms with Gasteiger partial charge in [0.05, 0.1) is 0 Å². The van der Waals surface area contributed by atoms with Gasteiger partial charge in [-0.1, -0.05) is 13.3 Å². The number of nitrogens with zero attached hydrogens (tertiary/aromatic N) is 1. The molecule has 3 fully saturated rings. The topological polar surface area (TPSA) is 15.3 Å². The van der Waals surface area contributed by atoms with Crippen LogP contribution in [0, 0.1) is 11.8 Å². The van der Waals surface area contributed by atoms with Crippen molar-refractivity contribution in [1.82, 2.24) is 10.2 Å². The van der Waals surface area contributed by atoms with E-state index in [1.165, 1.54) is 51.6 Å².